The number of ether oxygens (including phenoxy) is 1. The molecule has 1 aliphatic rings. The van der Waals surface area contributed by atoms with Crippen LogP contribution in [0.25, 0.3) is 0 Å². The Kier molecular flexibility index (Phi) is 4.42. The van der Waals surface area contributed by atoms with Gasteiger partial charge in [0.15, 0.2) is 0 Å². The van der Waals surface area contributed by atoms with Crippen LogP contribution < -0.4 is 5.73 Å². The van der Waals surface area contributed by atoms with Gasteiger partial charge in [0.05, 0.1) is 0 Å². The molecule has 4 nitrogen and oxygen atoms in total. The standard InChI is InChI=1S/C13H26N2O2/c1-9(2)10-8-15(7-6-11(10)14)12(16)17-13(3,4)5/h9-11H,6-8,14H2,1-5H3/t10-,11+/m0/s1. The molecular weight excluding hydrogens is 216 g/mol. The third-order valence-corrected chi connectivity index (χ3v) is 3.22. The molecule has 1 rings (SSSR count). The third kappa shape index (κ3) is 4.19. The van der Waals surface area contributed by atoms with E-state index < -0.39 is 5.60 Å². The third-order valence-electron chi connectivity index (χ3n) is 3.22. The van der Waals surface area contributed by atoms with Crippen molar-refractivity contribution in [2.45, 2.75) is 52.7 Å². The van der Waals surface area contributed by atoms with Crippen LogP contribution in [0.15, 0.2) is 0 Å². The van der Waals surface area contributed by atoms with Gasteiger partial charge in [0, 0.05) is 19.1 Å². The van der Waals surface area contributed by atoms with Gasteiger partial charge in [-0.05, 0) is 39.0 Å². The SMILES string of the molecule is CC(C)[C@@H]1CN(C(=O)OC(C)(C)C)CC[C@H]1N. The van der Waals surface area contributed by atoms with E-state index in [0.717, 1.165) is 6.42 Å². The second-order valence-electron chi connectivity index (χ2n) is 6.29. The molecule has 1 saturated heterocycles. The highest BCUT2D eigenvalue weighted by Gasteiger charge is 2.33. The Bertz CT molecular complexity index is 271. The van der Waals surface area contributed by atoms with E-state index in [-0.39, 0.29) is 12.1 Å². The lowest BCUT2D eigenvalue weighted by Gasteiger charge is -2.39. The largest absolute Gasteiger partial charge is 0.444 e. The van der Waals surface area contributed by atoms with Crippen LogP contribution in [-0.2, 0) is 4.74 Å². The number of nitrogens with zero attached hydrogens (tertiary/aromatic N) is 1. The summed E-state index contributed by atoms with van der Waals surface area (Å²) in [7, 11) is 0. The molecule has 100 valence electrons. The van der Waals surface area contributed by atoms with Gasteiger partial charge in [0.2, 0.25) is 0 Å². The van der Waals surface area contributed by atoms with Crippen LogP contribution in [0, 0.1) is 11.8 Å². The van der Waals surface area contributed by atoms with Crippen LogP contribution in [0.2, 0.25) is 0 Å². The van der Waals surface area contributed by atoms with E-state index in [1.54, 1.807) is 4.90 Å². The Balaban J connectivity index is 2.59. The fraction of sp³-hybridized carbons (Fsp3) is 0.923. The van der Waals surface area contributed by atoms with Gasteiger partial charge >= 0.3 is 6.09 Å². The molecule has 0 aromatic rings. The van der Waals surface area contributed by atoms with Gasteiger partial charge in [-0.1, -0.05) is 13.8 Å². The number of nitrogens with two attached hydrogens (primary N) is 1. The van der Waals surface area contributed by atoms with Crippen molar-refractivity contribution in [1.29, 1.82) is 0 Å². The minimum Gasteiger partial charge on any atom is -0.444 e. The number of hydrogen-bond acceptors (Lipinski definition) is 3. The van der Waals surface area contributed by atoms with E-state index in [2.05, 4.69) is 13.8 Å². The molecule has 0 radical (unpaired) electrons. The molecule has 0 aliphatic carbocycles. The Morgan fingerprint density at radius 2 is 2.00 bits per heavy atom. The average Bonchev–Trinajstić information content (AvgIpc) is 2.14. The van der Waals surface area contributed by atoms with Gasteiger partial charge in [0.1, 0.15) is 5.60 Å². The van der Waals surface area contributed by atoms with Crippen molar-refractivity contribution < 1.29 is 9.53 Å². The quantitative estimate of drug-likeness (QED) is 0.767. The molecule has 0 unspecified atom stereocenters. The number of likely N-dealkylation sites (tertiary alicyclic amines) is 1. The predicted octanol–water partition coefficient (Wildman–Crippen LogP) is 2.23. The van der Waals surface area contributed by atoms with Crippen LogP contribution in [0.1, 0.15) is 41.0 Å². The second-order valence-corrected chi connectivity index (χ2v) is 6.29. The van der Waals surface area contributed by atoms with E-state index in [9.17, 15) is 4.79 Å². The monoisotopic (exact) mass is 242 g/mol. The topological polar surface area (TPSA) is 55.6 Å². The maximum absolute atomic E-state index is 12.0. The Hall–Kier alpha value is -0.770. The van der Waals surface area contributed by atoms with Gasteiger partial charge < -0.3 is 15.4 Å². The summed E-state index contributed by atoms with van der Waals surface area (Å²) in [5.74, 6) is 0.867. The van der Waals surface area contributed by atoms with Crippen molar-refractivity contribution in [3.05, 3.63) is 0 Å². The van der Waals surface area contributed by atoms with Gasteiger partial charge in [-0.3, -0.25) is 0 Å². The minimum atomic E-state index is -0.427. The molecule has 17 heavy (non-hydrogen) atoms. The highest BCUT2D eigenvalue weighted by Crippen LogP contribution is 2.24. The summed E-state index contributed by atoms with van der Waals surface area (Å²) in [5.41, 5.74) is 5.66. The fourth-order valence-corrected chi connectivity index (χ4v) is 2.20. The van der Waals surface area contributed by atoms with E-state index in [1.807, 2.05) is 20.8 Å². The summed E-state index contributed by atoms with van der Waals surface area (Å²) in [6.07, 6.45) is 0.650. The summed E-state index contributed by atoms with van der Waals surface area (Å²) in [6, 6.07) is 0.202. The van der Waals surface area contributed by atoms with Crippen molar-refractivity contribution in [3.63, 3.8) is 0 Å². The van der Waals surface area contributed by atoms with Crippen LogP contribution in [0.5, 0.6) is 0 Å². The molecule has 0 spiro atoms. The smallest absolute Gasteiger partial charge is 0.410 e. The maximum Gasteiger partial charge on any atom is 0.410 e. The Labute approximate surface area is 104 Å². The van der Waals surface area contributed by atoms with E-state index in [4.69, 9.17) is 10.5 Å². The molecule has 0 saturated carbocycles. The predicted molar refractivity (Wildman–Crippen MR) is 68.7 cm³/mol. The van der Waals surface area contributed by atoms with Crippen LogP contribution in [0.3, 0.4) is 0 Å². The zero-order valence-corrected chi connectivity index (χ0v) is 11.7. The summed E-state index contributed by atoms with van der Waals surface area (Å²) in [5, 5.41) is 0. The zero-order valence-electron chi connectivity index (χ0n) is 11.7. The number of carbonyl (C=O) groups excluding carboxylic acids is 1. The van der Waals surface area contributed by atoms with Gasteiger partial charge in [-0.15, -0.1) is 0 Å². The van der Waals surface area contributed by atoms with Crippen molar-refractivity contribution >= 4 is 6.09 Å². The van der Waals surface area contributed by atoms with Crippen LogP contribution >= 0.6 is 0 Å². The molecule has 2 atom stereocenters. The molecule has 1 fully saturated rings. The first-order chi connectivity index (χ1) is 7.70. The molecule has 1 aliphatic heterocycles. The van der Waals surface area contributed by atoms with Crippen molar-refractivity contribution in [2.75, 3.05) is 13.1 Å². The lowest BCUT2D eigenvalue weighted by atomic mass is 9.84. The summed E-state index contributed by atoms with van der Waals surface area (Å²) in [4.78, 5) is 13.7. The number of piperidine rings is 1. The van der Waals surface area contributed by atoms with Crippen molar-refractivity contribution in [2.24, 2.45) is 17.6 Å². The van der Waals surface area contributed by atoms with Gasteiger partial charge in [0.25, 0.3) is 0 Å². The van der Waals surface area contributed by atoms with E-state index >= 15 is 0 Å². The molecule has 4 heteroatoms. The molecule has 0 aromatic carbocycles. The number of carbonyl (C=O) groups is 1. The fourth-order valence-electron chi connectivity index (χ4n) is 2.20. The molecule has 0 bridgehead atoms. The zero-order chi connectivity index (χ0) is 13.2. The first-order valence-electron chi connectivity index (χ1n) is 6.44. The molecule has 1 amide bonds. The van der Waals surface area contributed by atoms with E-state index in [0.29, 0.717) is 24.9 Å². The molecule has 0 aromatic heterocycles. The van der Waals surface area contributed by atoms with Crippen molar-refractivity contribution in [1.82, 2.24) is 4.90 Å². The van der Waals surface area contributed by atoms with Gasteiger partial charge in [-0.25, -0.2) is 4.79 Å². The lowest BCUT2D eigenvalue weighted by Crippen LogP contribution is -2.51. The summed E-state index contributed by atoms with van der Waals surface area (Å²) in [6.45, 7) is 11.4. The minimum absolute atomic E-state index is 0.202. The van der Waals surface area contributed by atoms with Crippen LogP contribution in [-0.4, -0.2) is 35.7 Å². The average molecular weight is 242 g/mol. The summed E-state index contributed by atoms with van der Waals surface area (Å²) >= 11 is 0. The highest BCUT2D eigenvalue weighted by molar-refractivity contribution is 5.68. The Morgan fingerprint density at radius 1 is 1.41 bits per heavy atom. The van der Waals surface area contributed by atoms with Gasteiger partial charge in [-0.2, -0.15) is 0 Å². The summed E-state index contributed by atoms with van der Waals surface area (Å²) < 4.78 is 5.39. The van der Waals surface area contributed by atoms with Crippen molar-refractivity contribution in [3.8, 4) is 0 Å². The number of amides is 1. The van der Waals surface area contributed by atoms with Crippen LogP contribution in [0.4, 0.5) is 4.79 Å². The number of rotatable bonds is 1. The highest BCUT2D eigenvalue weighted by atomic mass is 16.6. The number of hydrogen-bond donors (Lipinski definition) is 1. The molecule has 1 heterocycles. The first kappa shape index (κ1) is 14.3. The molecular formula is C13H26N2O2. The lowest BCUT2D eigenvalue weighted by molar-refractivity contribution is 0.0117. The van der Waals surface area contributed by atoms with E-state index in [1.165, 1.54) is 0 Å². The second kappa shape index (κ2) is 5.25. The normalized spacial score (nSPS) is 26.2. The molecule has 2 N–H and O–H groups in total. The maximum atomic E-state index is 12.0. The Morgan fingerprint density at radius 3 is 2.47 bits per heavy atom. The first-order valence-corrected chi connectivity index (χ1v) is 6.44.